The molecule has 0 aliphatic heterocycles. The van der Waals surface area contributed by atoms with E-state index in [9.17, 15) is 35.4 Å². The molecule has 8 heteroatoms. The molecule has 108 valence electrons. The van der Waals surface area contributed by atoms with E-state index < -0.39 is 50.9 Å². The van der Waals surface area contributed by atoms with Crippen molar-refractivity contribution in [3.8, 4) is 34.5 Å². The standard InChI is InChI=1S/C13H8O8/c14-4-1-3-8(16)7-6(2-5(15)9(17)11(7)19)21-13(3)12(20)10(4)18/h1-2,14-15,17-20H. The zero-order chi connectivity index (χ0) is 15.5. The monoisotopic (exact) mass is 292 g/mol. The van der Waals surface area contributed by atoms with Crippen molar-refractivity contribution in [2.24, 2.45) is 0 Å². The van der Waals surface area contributed by atoms with E-state index in [2.05, 4.69) is 0 Å². The van der Waals surface area contributed by atoms with Gasteiger partial charge in [-0.15, -0.1) is 0 Å². The fourth-order valence-corrected chi connectivity index (χ4v) is 2.06. The smallest absolute Gasteiger partial charge is 0.205 e. The molecule has 0 atom stereocenters. The molecule has 0 amide bonds. The Balaban J connectivity index is 2.66. The van der Waals surface area contributed by atoms with Crippen LogP contribution in [0, 0.1) is 0 Å². The maximum Gasteiger partial charge on any atom is 0.205 e. The number of hydrogen-bond acceptors (Lipinski definition) is 8. The number of benzene rings is 2. The Kier molecular flexibility index (Phi) is 2.34. The van der Waals surface area contributed by atoms with Gasteiger partial charge in [0.15, 0.2) is 22.8 Å². The van der Waals surface area contributed by atoms with E-state index in [4.69, 9.17) is 4.42 Å². The van der Waals surface area contributed by atoms with Gasteiger partial charge in [0.05, 0.1) is 5.39 Å². The van der Waals surface area contributed by atoms with Crippen LogP contribution in [0.1, 0.15) is 0 Å². The third kappa shape index (κ3) is 1.52. The Bertz CT molecular complexity index is 970. The SMILES string of the molecule is O=c1c2cc(O)c(O)c(O)c2oc2cc(O)c(O)c(O)c12. The molecular formula is C13H8O8. The highest BCUT2D eigenvalue weighted by Gasteiger charge is 2.22. The van der Waals surface area contributed by atoms with Crippen LogP contribution in [-0.4, -0.2) is 30.6 Å². The van der Waals surface area contributed by atoms with Crippen molar-refractivity contribution in [3.05, 3.63) is 22.4 Å². The van der Waals surface area contributed by atoms with Gasteiger partial charge in [-0.1, -0.05) is 0 Å². The quantitative estimate of drug-likeness (QED) is 0.267. The lowest BCUT2D eigenvalue weighted by atomic mass is 10.1. The van der Waals surface area contributed by atoms with Gasteiger partial charge < -0.3 is 35.1 Å². The van der Waals surface area contributed by atoms with Crippen LogP contribution < -0.4 is 5.43 Å². The molecule has 1 heterocycles. The Morgan fingerprint density at radius 2 is 1.33 bits per heavy atom. The molecule has 3 rings (SSSR count). The molecule has 0 radical (unpaired) electrons. The molecule has 21 heavy (non-hydrogen) atoms. The van der Waals surface area contributed by atoms with Crippen molar-refractivity contribution >= 4 is 21.9 Å². The van der Waals surface area contributed by atoms with Crippen LogP contribution in [0.2, 0.25) is 0 Å². The molecule has 2 aromatic carbocycles. The first kappa shape index (κ1) is 12.7. The molecule has 0 saturated carbocycles. The van der Waals surface area contributed by atoms with Crippen LogP contribution in [0.4, 0.5) is 0 Å². The fraction of sp³-hybridized carbons (Fsp3) is 0. The van der Waals surface area contributed by atoms with Crippen LogP contribution in [-0.2, 0) is 0 Å². The predicted octanol–water partition coefficient (Wildman–Crippen LogP) is 1.18. The van der Waals surface area contributed by atoms with Crippen molar-refractivity contribution in [2.45, 2.75) is 0 Å². The molecule has 3 aromatic rings. The lowest BCUT2D eigenvalue weighted by Gasteiger charge is -2.08. The predicted molar refractivity (Wildman–Crippen MR) is 70.0 cm³/mol. The maximum atomic E-state index is 12.3. The molecule has 6 N–H and O–H groups in total. The molecule has 0 aliphatic carbocycles. The van der Waals surface area contributed by atoms with Gasteiger partial charge in [0.2, 0.25) is 22.7 Å². The normalized spacial score (nSPS) is 11.2. The van der Waals surface area contributed by atoms with E-state index >= 15 is 0 Å². The molecule has 1 aromatic heterocycles. The largest absolute Gasteiger partial charge is 0.504 e. The zero-order valence-electron chi connectivity index (χ0n) is 10.2. The average Bonchev–Trinajstić information content (AvgIpc) is 2.44. The first-order valence-corrected chi connectivity index (χ1v) is 5.61. The summed E-state index contributed by atoms with van der Waals surface area (Å²) in [5.41, 5.74) is -1.63. The second-order valence-corrected chi connectivity index (χ2v) is 4.37. The van der Waals surface area contributed by atoms with E-state index in [0.717, 1.165) is 12.1 Å². The number of hydrogen-bond donors (Lipinski definition) is 6. The van der Waals surface area contributed by atoms with E-state index in [1.807, 2.05) is 0 Å². The Morgan fingerprint density at radius 3 is 2.00 bits per heavy atom. The minimum absolute atomic E-state index is 0.319. The van der Waals surface area contributed by atoms with Gasteiger partial charge in [0.25, 0.3) is 0 Å². The van der Waals surface area contributed by atoms with Crippen molar-refractivity contribution in [3.63, 3.8) is 0 Å². The average molecular weight is 292 g/mol. The fourth-order valence-electron chi connectivity index (χ4n) is 2.06. The van der Waals surface area contributed by atoms with Gasteiger partial charge >= 0.3 is 0 Å². The third-order valence-corrected chi connectivity index (χ3v) is 3.11. The Labute approximate surface area is 115 Å². The van der Waals surface area contributed by atoms with E-state index in [1.165, 1.54) is 0 Å². The number of aromatic hydroxyl groups is 6. The van der Waals surface area contributed by atoms with E-state index in [1.54, 1.807) is 0 Å². The summed E-state index contributed by atoms with van der Waals surface area (Å²) in [6, 6.07) is 1.72. The van der Waals surface area contributed by atoms with Gasteiger partial charge in [-0.3, -0.25) is 4.79 Å². The number of rotatable bonds is 0. The lowest BCUT2D eigenvalue weighted by molar-refractivity contribution is 0.365. The summed E-state index contributed by atoms with van der Waals surface area (Å²) in [4.78, 5) is 12.3. The van der Waals surface area contributed by atoms with Crippen molar-refractivity contribution < 1.29 is 35.1 Å². The highest BCUT2D eigenvalue weighted by atomic mass is 16.4. The number of phenolic OH excluding ortho intramolecular Hbond substituents is 6. The highest BCUT2D eigenvalue weighted by molar-refractivity contribution is 5.98. The van der Waals surface area contributed by atoms with Crippen LogP contribution in [0.3, 0.4) is 0 Å². The molecule has 0 aliphatic rings. The first-order valence-electron chi connectivity index (χ1n) is 5.61. The lowest BCUT2D eigenvalue weighted by Crippen LogP contribution is -2.02. The minimum atomic E-state index is -0.902. The van der Waals surface area contributed by atoms with Gasteiger partial charge in [-0.05, 0) is 6.07 Å². The molecule has 0 bridgehead atoms. The van der Waals surface area contributed by atoms with Gasteiger partial charge in [-0.25, -0.2) is 0 Å². The van der Waals surface area contributed by atoms with Gasteiger partial charge in [-0.2, -0.15) is 0 Å². The third-order valence-electron chi connectivity index (χ3n) is 3.11. The summed E-state index contributed by atoms with van der Waals surface area (Å²) in [6.07, 6.45) is 0. The minimum Gasteiger partial charge on any atom is -0.504 e. The van der Waals surface area contributed by atoms with Crippen molar-refractivity contribution in [1.29, 1.82) is 0 Å². The Morgan fingerprint density at radius 1 is 0.762 bits per heavy atom. The molecule has 0 saturated heterocycles. The molecule has 0 fully saturated rings. The van der Waals surface area contributed by atoms with Crippen LogP contribution in [0.5, 0.6) is 34.5 Å². The van der Waals surface area contributed by atoms with Crippen LogP contribution in [0.25, 0.3) is 21.9 Å². The summed E-state index contributed by atoms with van der Waals surface area (Å²) >= 11 is 0. The second-order valence-electron chi connectivity index (χ2n) is 4.37. The van der Waals surface area contributed by atoms with Gasteiger partial charge in [0, 0.05) is 6.07 Å². The summed E-state index contributed by atoms with van der Waals surface area (Å²) in [6.45, 7) is 0. The van der Waals surface area contributed by atoms with Crippen molar-refractivity contribution in [1.82, 2.24) is 0 Å². The second kappa shape index (κ2) is 3.85. The Hall–Kier alpha value is -3.29. The van der Waals surface area contributed by atoms with Crippen LogP contribution in [0.15, 0.2) is 21.3 Å². The number of phenols is 6. The molecule has 8 nitrogen and oxygen atoms in total. The number of fused-ring (bicyclic) bond motifs is 2. The first-order chi connectivity index (χ1) is 9.82. The zero-order valence-corrected chi connectivity index (χ0v) is 10.2. The molecule has 0 spiro atoms. The molecule has 0 unspecified atom stereocenters. The van der Waals surface area contributed by atoms with Crippen molar-refractivity contribution in [2.75, 3.05) is 0 Å². The van der Waals surface area contributed by atoms with Crippen LogP contribution >= 0.6 is 0 Å². The van der Waals surface area contributed by atoms with Gasteiger partial charge in [0.1, 0.15) is 11.0 Å². The van der Waals surface area contributed by atoms with E-state index in [-0.39, 0.29) is 11.0 Å². The highest BCUT2D eigenvalue weighted by Crippen LogP contribution is 2.44. The molecular weight excluding hydrogens is 284 g/mol. The summed E-state index contributed by atoms with van der Waals surface area (Å²) in [5, 5.41) is 56.3. The topological polar surface area (TPSA) is 152 Å². The maximum absolute atomic E-state index is 12.3. The summed E-state index contributed by atoms with van der Waals surface area (Å²) in [7, 11) is 0. The summed E-state index contributed by atoms with van der Waals surface area (Å²) < 4.78 is 5.16. The summed E-state index contributed by atoms with van der Waals surface area (Å²) in [5.74, 6) is -5.03. The van der Waals surface area contributed by atoms with E-state index in [0.29, 0.717) is 0 Å².